The number of hydrogen-bond donors (Lipinski definition) is 2. The van der Waals surface area contributed by atoms with E-state index in [2.05, 4.69) is 10.4 Å². The molecule has 4 aromatic rings. The second-order valence-electron chi connectivity index (χ2n) is 8.58. The Morgan fingerprint density at radius 2 is 1.70 bits per heavy atom. The third-order valence-corrected chi connectivity index (χ3v) is 6.41. The average Bonchev–Trinajstić information content (AvgIpc) is 3.32. The molecule has 2 heterocycles. The number of carboxylic acids is 1. The van der Waals surface area contributed by atoms with Gasteiger partial charge in [0.05, 0.1) is 17.3 Å². The molecule has 7 nitrogen and oxygen atoms in total. The molecule has 0 unspecified atom stereocenters. The van der Waals surface area contributed by atoms with Crippen molar-refractivity contribution in [2.75, 3.05) is 0 Å². The molecule has 5 rings (SSSR count). The van der Waals surface area contributed by atoms with Gasteiger partial charge < -0.3 is 14.9 Å². The Balaban J connectivity index is 1.70. The summed E-state index contributed by atoms with van der Waals surface area (Å²) in [5.74, 6) is -2.32. The third-order valence-electron chi connectivity index (χ3n) is 6.17. The number of amides is 1. The normalized spacial score (nSPS) is 14.9. The monoisotopic (exact) mass is 516 g/mol. The molecular weight excluding hydrogens is 497 g/mol. The number of nitrogens with one attached hydrogen (secondary N) is 2. The largest absolute Gasteiger partial charge is 0.550 e. The third kappa shape index (κ3) is 4.83. The number of hydrogen-bond acceptors (Lipinski definition) is 5. The van der Waals surface area contributed by atoms with Gasteiger partial charge in [0, 0.05) is 33.9 Å². The van der Waals surface area contributed by atoms with Gasteiger partial charge in [0.25, 0.3) is 5.56 Å². The van der Waals surface area contributed by atoms with Crippen LogP contribution in [-0.2, 0) is 9.59 Å². The smallest absolute Gasteiger partial charge is 0.258 e. The molecule has 1 aliphatic rings. The fraction of sp³-hybridized carbons (Fsp3) is 0.107. The van der Waals surface area contributed by atoms with Crippen LogP contribution >= 0.6 is 11.6 Å². The van der Waals surface area contributed by atoms with E-state index < -0.39 is 35.7 Å². The van der Waals surface area contributed by atoms with E-state index in [4.69, 9.17) is 11.6 Å². The van der Waals surface area contributed by atoms with Crippen LogP contribution in [0.15, 0.2) is 83.7 Å². The highest BCUT2D eigenvalue weighted by Crippen LogP contribution is 2.38. The van der Waals surface area contributed by atoms with Crippen LogP contribution in [0.25, 0.3) is 27.7 Å². The van der Waals surface area contributed by atoms with Crippen molar-refractivity contribution < 1.29 is 19.1 Å². The van der Waals surface area contributed by atoms with Crippen LogP contribution in [0.5, 0.6) is 0 Å². The molecule has 1 aromatic heterocycles. The van der Waals surface area contributed by atoms with Crippen LogP contribution in [-0.4, -0.2) is 21.9 Å². The number of carboxylic acid groups (broad SMARTS) is 1. The van der Waals surface area contributed by atoms with Crippen LogP contribution < -0.4 is 16.1 Å². The zero-order valence-corrected chi connectivity index (χ0v) is 20.1. The molecule has 1 aliphatic heterocycles. The quantitative estimate of drug-likeness (QED) is 0.404. The summed E-state index contributed by atoms with van der Waals surface area (Å²) < 4.78 is 13.6. The van der Waals surface area contributed by atoms with Crippen molar-refractivity contribution in [2.24, 2.45) is 0 Å². The van der Waals surface area contributed by atoms with Crippen LogP contribution in [0.4, 0.5) is 4.39 Å². The maximum Gasteiger partial charge on any atom is 0.258 e. The number of aromatic nitrogens is 1. The molecule has 9 heteroatoms. The molecule has 37 heavy (non-hydrogen) atoms. The topological polar surface area (TPSA) is 105 Å². The van der Waals surface area contributed by atoms with E-state index in [1.54, 1.807) is 24.3 Å². The summed E-state index contributed by atoms with van der Waals surface area (Å²) >= 11 is 6.31. The summed E-state index contributed by atoms with van der Waals surface area (Å²) in [6.45, 7) is 0. The first kappa shape index (κ1) is 24.3. The van der Waals surface area contributed by atoms with Crippen LogP contribution in [0.3, 0.4) is 0 Å². The second kappa shape index (κ2) is 9.91. The molecule has 0 bridgehead atoms. The van der Waals surface area contributed by atoms with Gasteiger partial charge in [0.2, 0.25) is 5.91 Å². The molecule has 0 saturated carbocycles. The number of rotatable bonds is 6. The first-order chi connectivity index (χ1) is 17.8. The number of pyridine rings is 1. The Morgan fingerprint density at radius 1 is 0.973 bits per heavy atom. The minimum Gasteiger partial charge on any atom is -0.550 e. The Kier molecular flexibility index (Phi) is 6.50. The van der Waals surface area contributed by atoms with Crippen LogP contribution in [0, 0.1) is 5.82 Å². The maximum atomic E-state index is 13.6. The van der Waals surface area contributed by atoms with E-state index in [9.17, 15) is 23.9 Å². The lowest BCUT2D eigenvalue weighted by Crippen LogP contribution is -2.40. The zero-order valence-electron chi connectivity index (χ0n) is 19.3. The van der Waals surface area contributed by atoms with Gasteiger partial charge in [-0.1, -0.05) is 54.1 Å². The minimum absolute atomic E-state index is 0.281. The first-order valence-corrected chi connectivity index (χ1v) is 11.9. The SMILES string of the molecule is O=C([O-])CCC(=O)N1NC(c2c(-c3ccccc3)c3cc(Cl)ccc3[nH]c2=O)=C[C@@H]1c1ccc(F)cc1. The number of H-pyrrole nitrogens is 1. The van der Waals surface area contributed by atoms with Gasteiger partial charge in [-0.2, -0.15) is 0 Å². The van der Waals surface area contributed by atoms with E-state index >= 15 is 0 Å². The molecule has 0 spiro atoms. The molecule has 0 aliphatic carbocycles. The lowest BCUT2D eigenvalue weighted by Gasteiger charge is -2.26. The molecule has 186 valence electrons. The predicted octanol–water partition coefficient (Wildman–Crippen LogP) is 3.95. The maximum absolute atomic E-state index is 13.6. The molecular formula is C28H20ClFN3O4-. The van der Waals surface area contributed by atoms with Gasteiger partial charge in [0.15, 0.2) is 0 Å². The number of nitrogens with zero attached hydrogens (tertiary/aromatic N) is 1. The van der Waals surface area contributed by atoms with Gasteiger partial charge in [-0.05, 0) is 54.0 Å². The standard InChI is InChI=1S/C28H21ClFN3O4/c29-18-8-11-21-20(14-18)26(17-4-2-1-3-5-17)27(28(37)31-21)22-15-23(16-6-9-19(30)10-7-16)33(32-22)24(34)12-13-25(35)36/h1-11,14-15,23,32H,12-13H2,(H,31,37)(H,35,36)/p-1/t23-/m1/s1. The fourth-order valence-electron chi connectivity index (χ4n) is 4.49. The number of aromatic amines is 1. The Hall–Kier alpha value is -4.43. The lowest BCUT2D eigenvalue weighted by atomic mass is 9.94. The van der Waals surface area contributed by atoms with Gasteiger partial charge in [-0.15, -0.1) is 0 Å². The van der Waals surface area contributed by atoms with Crippen LogP contribution in [0.2, 0.25) is 5.02 Å². The highest BCUT2D eigenvalue weighted by molar-refractivity contribution is 6.31. The summed E-state index contributed by atoms with van der Waals surface area (Å²) in [5, 5.41) is 13.4. The Morgan fingerprint density at radius 3 is 2.41 bits per heavy atom. The number of halogens is 2. The van der Waals surface area contributed by atoms with Gasteiger partial charge in [0.1, 0.15) is 5.82 Å². The number of carbonyl (C=O) groups is 2. The van der Waals surface area contributed by atoms with Crippen molar-refractivity contribution in [1.82, 2.24) is 15.4 Å². The number of aliphatic carboxylic acids is 1. The van der Waals surface area contributed by atoms with Gasteiger partial charge >= 0.3 is 0 Å². The van der Waals surface area contributed by atoms with Gasteiger partial charge in [-0.3, -0.25) is 15.0 Å². The Labute approximate surface area is 215 Å². The van der Waals surface area contributed by atoms with Crippen molar-refractivity contribution in [2.45, 2.75) is 18.9 Å². The second-order valence-corrected chi connectivity index (χ2v) is 9.02. The first-order valence-electron chi connectivity index (χ1n) is 11.5. The van der Waals surface area contributed by atoms with Gasteiger partial charge in [-0.25, -0.2) is 9.40 Å². The molecule has 0 fully saturated rings. The highest BCUT2D eigenvalue weighted by atomic mass is 35.5. The summed E-state index contributed by atoms with van der Waals surface area (Å²) in [7, 11) is 0. The molecule has 2 N–H and O–H groups in total. The number of benzene rings is 3. The van der Waals surface area contributed by atoms with E-state index in [1.807, 2.05) is 30.3 Å². The molecule has 1 amide bonds. The van der Waals surface area contributed by atoms with Crippen molar-refractivity contribution in [3.63, 3.8) is 0 Å². The molecule has 0 saturated heterocycles. The molecule has 0 radical (unpaired) electrons. The average molecular weight is 517 g/mol. The van der Waals surface area contributed by atoms with Crippen molar-refractivity contribution in [3.8, 4) is 11.1 Å². The summed E-state index contributed by atoms with van der Waals surface area (Å²) in [6.07, 6.45) is 0.910. The van der Waals surface area contributed by atoms with E-state index in [1.165, 1.54) is 29.3 Å². The number of fused-ring (bicyclic) bond motifs is 1. The van der Waals surface area contributed by atoms with Crippen molar-refractivity contribution in [1.29, 1.82) is 0 Å². The van der Waals surface area contributed by atoms with E-state index in [0.29, 0.717) is 32.7 Å². The summed E-state index contributed by atoms with van der Waals surface area (Å²) in [6, 6.07) is 19.4. The Bertz CT molecular complexity index is 1600. The lowest BCUT2D eigenvalue weighted by molar-refractivity contribution is -0.305. The summed E-state index contributed by atoms with van der Waals surface area (Å²) in [5.41, 5.74) is 5.78. The fourth-order valence-corrected chi connectivity index (χ4v) is 4.66. The predicted molar refractivity (Wildman–Crippen MR) is 136 cm³/mol. The number of carbonyl (C=O) groups excluding carboxylic acids is 2. The van der Waals surface area contributed by atoms with Crippen molar-refractivity contribution in [3.05, 3.63) is 111 Å². The van der Waals surface area contributed by atoms with E-state index in [-0.39, 0.29) is 12.0 Å². The van der Waals surface area contributed by atoms with Crippen molar-refractivity contribution >= 4 is 40.1 Å². The molecule has 1 atom stereocenters. The van der Waals surface area contributed by atoms with E-state index in [0.717, 1.165) is 5.56 Å². The van der Waals surface area contributed by atoms with Crippen LogP contribution in [0.1, 0.15) is 30.0 Å². The zero-order chi connectivity index (χ0) is 26.1. The number of hydrazine groups is 1. The minimum atomic E-state index is -1.35. The molecule has 3 aromatic carbocycles. The summed E-state index contributed by atoms with van der Waals surface area (Å²) in [4.78, 5) is 40.4. The highest BCUT2D eigenvalue weighted by Gasteiger charge is 2.33.